The molecule has 492 valence electrons. The van der Waals surface area contributed by atoms with Gasteiger partial charge in [-0.1, -0.05) is 109 Å². The minimum Gasteiger partial charge on any atom is -0.390 e. The van der Waals surface area contributed by atoms with Gasteiger partial charge in [-0.2, -0.15) is 0 Å². The largest absolute Gasteiger partial charge is 0.390 e. The van der Waals surface area contributed by atoms with Crippen molar-refractivity contribution in [1.82, 2.24) is 55.6 Å². The first-order valence-corrected chi connectivity index (χ1v) is 31.1. The zero-order valence-corrected chi connectivity index (χ0v) is 56.8. The average molecular weight is 1220 g/mol. The molecule has 1 aliphatic rings. The molecule has 1 aliphatic heterocycles. The molecular formula is C63H113N11O12. The van der Waals surface area contributed by atoms with Crippen LogP contribution in [0.3, 0.4) is 0 Å². The van der Waals surface area contributed by atoms with Crippen molar-refractivity contribution in [2.45, 2.75) is 229 Å². The number of nitrogens with zero attached hydrogens (tertiary/aromatic N) is 7. The summed E-state index contributed by atoms with van der Waals surface area (Å²) in [6.45, 7) is 29.9. The van der Waals surface area contributed by atoms with E-state index in [9.17, 15) is 48.3 Å². The average Bonchev–Trinajstić information content (AvgIpc) is 1.64. The highest BCUT2D eigenvalue weighted by atomic mass is 16.3. The van der Waals surface area contributed by atoms with Gasteiger partial charge in [-0.15, -0.1) is 0 Å². The van der Waals surface area contributed by atoms with Crippen LogP contribution in [0.2, 0.25) is 0 Å². The van der Waals surface area contributed by atoms with Gasteiger partial charge in [-0.05, 0) is 101 Å². The van der Waals surface area contributed by atoms with Crippen molar-refractivity contribution in [1.29, 1.82) is 0 Å². The molecule has 1 rings (SSSR count). The molecule has 0 spiro atoms. The Kier molecular flexibility index (Phi) is 32.3. The number of carbonyl (C=O) groups is 11. The van der Waals surface area contributed by atoms with Gasteiger partial charge in [-0.25, -0.2) is 0 Å². The Morgan fingerprint density at radius 3 is 1.34 bits per heavy atom. The molecule has 86 heavy (non-hydrogen) atoms. The summed E-state index contributed by atoms with van der Waals surface area (Å²) >= 11 is 0. The third-order valence-electron chi connectivity index (χ3n) is 16.4. The number of amides is 11. The van der Waals surface area contributed by atoms with E-state index in [2.05, 4.69) is 21.3 Å². The van der Waals surface area contributed by atoms with Crippen LogP contribution in [0.25, 0.3) is 0 Å². The number of aliphatic hydroxyl groups is 1. The molecule has 0 unspecified atom stereocenters. The number of allylic oxidation sites excluding steroid dienone is 2. The van der Waals surface area contributed by atoms with E-state index in [1.54, 1.807) is 47.6 Å². The summed E-state index contributed by atoms with van der Waals surface area (Å²) in [5.74, 6) is -9.21. The van der Waals surface area contributed by atoms with Crippen LogP contribution < -0.4 is 21.3 Å². The molecule has 11 amide bonds. The molecule has 0 aromatic rings. The first-order chi connectivity index (χ1) is 39.7. The van der Waals surface area contributed by atoms with Crippen molar-refractivity contribution in [3.63, 3.8) is 0 Å². The zero-order chi connectivity index (χ0) is 66.7. The Hall–Kier alpha value is -6.13. The maximum atomic E-state index is 15.1. The lowest BCUT2D eigenvalue weighted by molar-refractivity contribution is -0.157. The maximum absolute atomic E-state index is 15.1. The van der Waals surface area contributed by atoms with Gasteiger partial charge in [0.15, 0.2) is 0 Å². The van der Waals surface area contributed by atoms with Crippen molar-refractivity contribution in [2.24, 2.45) is 41.4 Å². The highest BCUT2D eigenvalue weighted by molar-refractivity contribution is 5.99. The van der Waals surface area contributed by atoms with Crippen LogP contribution in [-0.4, -0.2) is 227 Å². The lowest BCUT2D eigenvalue weighted by Crippen LogP contribution is -2.63. The summed E-state index contributed by atoms with van der Waals surface area (Å²) in [5, 5.41) is 23.1. The Bertz CT molecular complexity index is 2340. The quantitative estimate of drug-likeness (QED) is 0.147. The summed E-state index contributed by atoms with van der Waals surface area (Å²) < 4.78 is 0. The van der Waals surface area contributed by atoms with Gasteiger partial charge >= 0.3 is 0 Å². The Balaban J connectivity index is 4.27. The maximum Gasteiger partial charge on any atom is 0.246 e. The van der Waals surface area contributed by atoms with Crippen LogP contribution in [0.1, 0.15) is 163 Å². The van der Waals surface area contributed by atoms with Crippen LogP contribution in [0.4, 0.5) is 0 Å². The highest BCUT2D eigenvalue weighted by Crippen LogP contribution is 2.26. The van der Waals surface area contributed by atoms with Crippen molar-refractivity contribution in [3.05, 3.63) is 12.2 Å². The fourth-order valence-corrected chi connectivity index (χ4v) is 10.8. The van der Waals surface area contributed by atoms with E-state index in [4.69, 9.17) is 0 Å². The van der Waals surface area contributed by atoms with Gasteiger partial charge in [0.2, 0.25) is 65.0 Å². The summed E-state index contributed by atoms with van der Waals surface area (Å²) in [6.07, 6.45) is 2.98. The van der Waals surface area contributed by atoms with Gasteiger partial charge in [0.25, 0.3) is 0 Å². The van der Waals surface area contributed by atoms with Crippen LogP contribution in [0, 0.1) is 41.4 Å². The van der Waals surface area contributed by atoms with Gasteiger partial charge in [0.05, 0.1) is 6.10 Å². The third-order valence-corrected chi connectivity index (χ3v) is 16.4. The fourth-order valence-electron chi connectivity index (χ4n) is 10.8. The lowest BCUT2D eigenvalue weighted by atomic mass is 9.91. The van der Waals surface area contributed by atoms with Crippen molar-refractivity contribution in [3.8, 4) is 0 Å². The van der Waals surface area contributed by atoms with Gasteiger partial charge in [0.1, 0.15) is 60.4 Å². The molecule has 1 saturated heterocycles. The fraction of sp³-hybridized carbons (Fsp3) is 0.794. The monoisotopic (exact) mass is 1220 g/mol. The predicted octanol–water partition coefficient (Wildman–Crippen LogP) is 3.66. The molecule has 5 N–H and O–H groups in total. The van der Waals surface area contributed by atoms with E-state index in [0.29, 0.717) is 6.42 Å². The minimum absolute atomic E-state index is 0.0772. The molecule has 0 aromatic heterocycles. The number of nitrogens with one attached hydrogen (secondary N) is 4. The zero-order valence-electron chi connectivity index (χ0n) is 56.8. The van der Waals surface area contributed by atoms with Crippen molar-refractivity contribution < 1.29 is 57.8 Å². The standard InChI is InChI=1S/C63H113N11O12/c1-25-27-28-41(15)53(76)52-57(80)66-44(26-2)59(82)68(18)30-29-49(75)69(19)45(31-35(3)4)56(79)67-50(39(11)12)62(85)70(20)46(32-36(5)6)55(78)64-42(16)54(77)65-43(17)58(81)71(21)47(33-37(7)8)60(83)72(22)48(34-38(9)10)61(84)73(23)51(40(13)14)63(86)74(52)24/h25,27,35-48,50-53,76H,26,28-34H2,1-24H3,(H,64,78)(H,65,77)(H,66,80)(H,67,79)/b27-25+/t41-,42+,43-,44+,45+,46+,47+,48+,50+,51+,52+,53-/m1/s1. The summed E-state index contributed by atoms with van der Waals surface area (Å²) in [6, 6.07) is -12.1. The van der Waals surface area contributed by atoms with E-state index in [1.807, 2.05) is 68.4 Å². The summed E-state index contributed by atoms with van der Waals surface area (Å²) in [5.41, 5.74) is 0. The lowest BCUT2D eigenvalue weighted by Gasteiger charge is -2.41. The molecule has 0 radical (unpaired) electrons. The normalized spacial score (nSPS) is 26.9. The van der Waals surface area contributed by atoms with Gasteiger partial charge < -0.3 is 60.7 Å². The molecular weight excluding hydrogens is 1100 g/mol. The summed E-state index contributed by atoms with van der Waals surface area (Å²) in [4.78, 5) is 169. The number of hydrogen-bond acceptors (Lipinski definition) is 12. The predicted molar refractivity (Wildman–Crippen MR) is 333 cm³/mol. The van der Waals surface area contributed by atoms with E-state index in [-0.39, 0.29) is 68.7 Å². The molecule has 23 nitrogen and oxygen atoms in total. The molecule has 12 atom stereocenters. The molecule has 1 fully saturated rings. The van der Waals surface area contributed by atoms with E-state index < -0.39 is 149 Å². The number of aliphatic hydroxyl groups excluding tert-OH is 1. The summed E-state index contributed by atoms with van der Waals surface area (Å²) in [7, 11) is 10.1. The number of rotatable bonds is 15. The Labute approximate surface area is 515 Å². The minimum atomic E-state index is -1.58. The SMILES string of the molecule is C/C=C/C[C@@H](C)[C@@H](O)[C@H]1C(=O)N[C@@H](CC)C(=O)N(C)CCC(=O)N(C)[C@@H](CC(C)C)C(=O)N[C@@H](C(C)C)C(=O)N(C)[C@@H](CC(C)C)C(=O)N[C@@H](C)C(=O)N[C@H](C)C(=O)N(C)[C@@H](CC(C)C)C(=O)N(C)[C@@H](CC(C)C)C(=O)N(C)[C@@H](C(C)C)C(=O)N1C. The highest BCUT2D eigenvalue weighted by Gasteiger charge is 2.45. The molecule has 0 bridgehead atoms. The smallest absolute Gasteiger partial charge is 0.246 e. The number of hydrogen-bond donors (Lipinski definition) is 5. The van der Waals surface area contributed by atoms with E-state index >= 15 is 9.59 Å². The van der Waals surface area contributed by atoms with Crippen molar-refractivity contribution >= 4 is 65.0 Å². The van der Waals surface area contributed by atoms with Crippen LogP contribution in [0.15, 0.2) is 12.2 Å². The number of likely N-dealkylation sites (N-methyl/N-ethyl adjacent to an activating group) is 7. The first kappa shape index (κ1) is 77.9. The van der Waals surface area contributed by atoms with Gasteiger partial charge in [0, 0.05) is 62.3 Å². The first-order valence-electron chi connectivity index (χ1n) is 31.1. The molecule has 23 heteroatoms. The second-order valence-corrected chi connectivity index (χ2v) is 26.4. The topological polar surface area (TPSA) is 279 Å². The van der Waals surface area contributed by atoms with Crippen LogP contribution in [-0.2, 0) is 52.7 Å². The second-order valence-electron chi connectivity index (χ2n) is 26.4. The molecule has 0 aromatic carbocycles. The molecule has 0 saturated carbocycles. The van der Waals surface area contributed by atoms with Crippen molar-refractivity contribution in [2.75, 3.05) is 55.9 Å². The van der Waals surface area contributed by atoms with E-state index in [0.717, 1.165) is 4.90 Å². The van der Waals surface area contributed by atoms with Crippen LogP contribution in [0.5, 0.6) is 0 Å². The molecule has 0 aliphatic carbocycles. The third kappa shape index (κ3) is 21.9. The van der Waals surface area contributed by atoms with E-state index in [1.165, 1.54) is 92.6 Å². The second kappa shape index (κ2) is 35.6. The van der Waals surface area contributed by atoms with Crippen LogP contribution >= 0.6 is 0 Å². The Morgan fingerprint density at radius 1 is 0.465 bits per heavy atom. The van der Waals surface area contributed by atoms with Gasteiger partial charge in [-0.3, -0.25) is 52.7 Å². The molecule has 1 heterocycles. The number of carbonyl (C=O) groups excluding carboxylic acids is 11. The Morgan fingerprint density at radius 2 is 0.884 bits per heavy atom.